The number of amides is 4. The van der Waals surface area contributed by atoms with Crippen LogP contribution >= 0.6 is 0 Å². The molecule has 0 aliphatic carbocycles. The van der Waals surface area contributed by atoms with Crippen molar-refractivity contribution in [3.63, 3.8) is 0 Å². The second-order valence-electron chi connectivity index (χ2n) is 10.3. The van der Waals surface area contributed by atoms with E-state index < -0.39 is 11.9 Å². The van der Waals surface area contributed by atoms with Gasteiger partial charge < -0.3 is 19.9 Å². The summed E-state index contributed by atoms with van der Waals surface area (Å²) in [4.78, 5) is 53.3. The van der Waals surface area contributed by atoms with Crippen molar-refractivity contribution in [2.24, 2.45) is 0 Å². The lowest BCUT2D eigenvalue weighted by Gasteiger charge is -2.35. The Morgan fingerprint density at radius 2 is 1.93 bits per heavy atom. The molecule has 2 atom stereocenters. The average molecular weight is 544 g/mol. The molecule has 2 aromatic carbocycles. The van der Waals surface area contributed by atoms with Crippen LogP contribution in [0.3, 0.4) is 0 Å². The topological polar surface area (TPSA) is 132 Å². The van der Waals surface area contributed by atoms with E-state index in [9.17, 15) is 19.2 Å². The first kappa shape index (κ1) is 27.1. The fourth-order valence-electron chi connectivity index (χ4n) is 5.55. The SMILES string of the molecule is CN/C(=C\C(=N)C(=O)N1CCCC[C@H]1COc1ccc2c(c1)CN(C1CCC(=O)NC1=O)C2=O)c1ccccc1. The molecule has 1 unspecified atom stereocenters. The van der Waals surface area contributed by atoms with Crippen molar-refractivity contribution in [2.45, 2.75) is 50.7 Å². The Morgan fingerprint density at radius 3 is 2.67 bits per heavy atom. The maximum absolute atomic E-state index is 13.3. The molecule has 0 aromatic heterocycles. The summed E-state index contributed by atoms with van der Waals surface area (Å²) in [5, 5.41) is 13.9. The lowest BCUT2D eigenvalue weighted by atomic mass is 10.0. The number of hydrogen-bond acceptors (Lipinski definition) is 7. The van der Waals surface area contributed by atoms with Gasteiger partial charge >= 0.3 is 0 Å². The fraction of sp³-hybridized carbons (Fsp3) is 0.367. The van der Waals surface area contributed by atoms with Gasteiger partial charge in [-0.15, -0.1) is 0 Å². The van der Waals surface area contributed by atoms with E-state index in [1.54, 1.807) is 36.2 Å². The number of piperidine rings is 2. The first-order valence-corrected chi connectivity index (χ1v) is 13.6. The Bertz CT molecular complexity index is 1370. The minimum absolute atomic E-state index is 0.0929. The zero-order valence-corrected chi connectivity index (χ0v) is 22.4. The smallest absolute Gasteiger partial charge is 0.272 e. The van der Waals surface area contributed by atoms with Crippen LogP contribution in [0.25, 0.3) is 5.70 Å². The zero-order chi connectivity index (χ0) is 28.2. The van der Waals surface area contributed by atoms with Gasteiger partial charge in [0.25, 0.3) is 11.8 Å². The summed E-state index contributed by atoms with van der Waals surface area (Å²) in [7, 11) is 1.77. The molecular formula is C30H33N5O5. The Morgan fingerprint density at radius 1 is 1.12 bits per heavy atom. The van der Waals surface area contributed by atoms with E-state index in [0.29, 0.717) is 30.0 Å². The highest BCUT2D eigenvalue weighted by atomic mass is 16.5. The summed E-state index contributed by atoms with van der Waals surface area (Å²) in [5.74, 6) is -0.756. The van der Waals surface area contributed by atoms with Crippen LogP contribution in [-0.2, 0) is 20.9 Å². The molecule has 2 aromatic rings. The number of carbonyl (C=O) groups is 4. The maximum Gasteiger partial charge on any atom is 0.272 e. The number of ether oxygens (including phenoxy) is 1. The second kappa shape index (κ2) is 11.7. The van der Waals surface area contributed by atoms with E-state index in [2.05, 4.69) is 10.6 Å². The molecule has 10 heteroatoms. The van der Waals surface area contributed by atoms with E-state index in [1.165, 1.54) is 4.90 Å². The van der Waals surface area contributed by atoms with E-state index in [1.807, 2.05) is 30.3 Å². The molecule has 0 spiro atoms. The van der Waals surface area contributed by atoms with Gasteiger partial charge in [0.05, 0.1) is 6.04 Å². The lowest BCUT2D eigenvalue weighted by Crippen LogP contribution is -2.52. The van der Waals surface area contributed by atoms with Gasteiger partial charge in [0.15, 0.2) is 0 Å². The maximum atomic E-state index is 13.3. The normalized spacial score (nSPS) is 21.1. The first-order valence-electron chi connectivity index (χ1n) is 13.6. The number of hydrogen-bond donors (Lipinski definition) is 3. The van der Waals surface area contributed by atoms with Crippen molar-refractivity contribution < 1.29 is 23.9 Å². The third-order valence-electron chi connectivity index (χ3n) is 7.70. The molecule has 0 radical (unpaired) electrons. The van der Waals surface area contributed by atoms with Crippen LogP contribution in [0.4, 0.5) is 0 Å². The van der Waals surface area contributed by atoms with Crippen LogP contribution in [-0.4, -0.2) is 71.4 Å². The summed E-state index contributed by atoms with van der Waals surface area (Å²) >= 11 is 0. The predicted molar refractivity (Wildman–Crippen MR) is 149 cm³/mol. The number of carbonyl (C=O) groups excluding carboxylic acids is 4. The van der Waals surface area contributed by atoms with E-state index in [0.717, 1.165) is 30.4 Å². The molecule has 2 fully saturated rings. The summed E-state index contributed by atoms with van der Waals surface area (Å²) in [6.07, 6.45) is 4.69. The zero-order valence-electron chi connectivity index (χ0n) is 22.4. The third kappa shape index (κ3) is 5.61. The first-order chi connectivity index (χ1) is 19.4. The number of imide groups is 1. The summed E-state index contributed by atoms with van der Waals surface area (Å²) in [6, 6.07) is 14.0. The molecule has 40 heavy (non-hydrogen) atoms. The molecule has 10 nitrogen and oxygen atoms in total. The van der Waals surface area contributed by atoms with Crippen molar-refractivity contribution in [1.82, 2.24) is 20.4 Å². The molecule has 4 amide bonds. The lowest BCUT2D eigenvalue weighted by molar-refractivity contribution is -0.137. The molecule has 0 bridgehead atoms. The van der Waals surface area contributed by atoms with Crippen molar-refractivity contribution in [3.05, 3.63) is 71.3 Å². The summed E-state index contributed by atoms with van der Waals surface area (Å²) < 4.78 is 6.11. The highest BCUT2D eigenvalue weighted by molar-refractivity contribution is 6.43. The third-order valence-corrected chi connectivity index (χ3v) is 7.70. The number of benzene rings is 2. The van der Waals surface area contributed by atoms with Gasteiger partial charge in [0.2, 0.25) is 11.8 Å². The fourth-order valence-corrected chi connectivity index (χ4v) is 5.55. The van der Waals surface area contributed by atoms with E-state index >= 15 is 0 Å². The second-order valence-corrected chi connectivity index (χ2v) is 10.3. The highest BCUT2D eigenvalue weighted by Gasteiger charge is 2.39. The van der Waals surface area contributed by atoms with Gasteiger partial charge in [-0.25, -0.2) is 0 Å². The van der Waals surface area contributed by atoms with Crippen LogP contribution < -0.4 is 15.4 Å². The van der Waals surface area contributed by atoms with Gasteiger partial charge in [-0.2, -0.15) is 0 Å². The van der Waals surface area contributed by atoms with Gasteiger partial charge in [0, 0.05) is 37.8 Å². The summed E-state index contributed by atoms with van der Waals surface area (Å²) in [5.41, 5.74) is 2.78. The number of rotatable bonds is 8. The van der Waals surface area contributed by atoms with Crippen molar-refractivity contribution >= 4 is 35.0 Å². The quantitative estimate of drug-likeness (QED) is 0.346. The van der Waals surface area contributed by atoms with Crippen LogP contribution in [0.2, 0.25) is 0 Å². The standard InChI is InChI=1S/C30H33N5O5/c1-32-25(19-7-3-2-4-8-19)16-24(31)30(39)34-14-6-5-9-21(34)18-40-22-10-11-23-20(15-22)17-35(29(23)38)26-12-13-27(36)33-28(26)37/h2-4,7-8,10-11,15-16,21,26,31-32H,5-6,9,12-14,17-18H2,1H3,(H,33,36,37)/b25-16-,31-24?/t21-,26?/m0/s1. The van der Waals surface area contributed by atoms with Gasteiger partial charge in [0.1, 0.15) is 24.1 Å². The monoisotopic (exact) mass is 543 g/mol. The number of likely N-dealkylation sites (tertiary alicyclic amines) is 1. The van der Waals surface area contributed by atoms with Gasteiger partial charge in [-0.3, -0.25) is 29.9 Å². The largest absolute Gasteiger partial charge is 0.491 e. The molecule has 3 heterocycles. The van der Waals surface area contributed by atoms with Gasteiger partial charge in [-0.05, 0) is 61.1 Å². The molecule has 208 valence electrons. The van der Waals surface area contributed by atoms with Crippen molar-refractivity contribution in [1.29, 1.82) is 5.41 Å². The Balaban J connectivity index is 1.24. The molecular weight excluding hydrogens is 510 g/mol. The minimum Gasteiger partial charge on any atom is -0.491 e. The van der Waals surface area contributed by atoms with Crippen LogP contribution in [0, 0.1) is 5.41 Å². The van der Waals surface area contributed by atoms with Crippen molar-refractivity contribution in [3.8, 4) is 5.75 Å². The van der Waals surface area contributed by atoms with Gasteiger partial charge in [-0.1, -0.05) is 30.3 Å². The van der Waals surface area contributed by atoms with Crippen LogP contribution in [0.5, 0.6) is 5.75 Å². The number of nitrogens with zero attached hydrogens (tertiary/aromatic N) is 2. The molecule has 0 saturated carbocycles. The molecule has 3 aliphatic rings. The minimum atomic E-state index is -0.668. The van der Waals surface area contributed by atoms with E-state index in [-0.39, 0.29) is 49.0 Å². The number of nitrogens with one attached hydrogen (secondary N) is 3. The van der Waals surface area contributed by atoms with E-state index in [4.69, 9.17) is 10.1 Å². The molecule has 5 rings (SSSR count). The molecule has 2 saturated heterocycles. The van der Waals surface area contributed by atoms with Crippen LogP contribution in [0.1, 0.15) is 53.6 Å². The summed E-state index contributed by atoms with van der Waals surface area (Å²) in [6.45, 7) is 1.09. The van der Waals surface area contributed by atoms with Crippen molar-refractivity contribution in [2.75, 3.05) is 20.2 Å². The number of fused-ring (bicyclic) bond motifs is 1. The van der Waals surface area contributed by atoms with Crippen LogP contribution in [0.15, 0.2) is 54.6 Å². The molecule has 3 aliphatic heterocycles. The predicted octanol–water partition coefficient (Wildman–Crippen LogP) is 2.49. The Kier molecular flexibility index (Phi) is 7.95. The Hall–Kier alpha value is -4.47. The molecule has 3 N–H and O–H groups in total. The highest BCUT2D eigenvalue weighted by Crippen LogP contribution is 2.30. The average Bonchev–Trinajstić information content (AvgIpc) is 3.30. The Labute approximate surface area is 232 Å².